The summed E-state index contributed by atoms with van der Waals surface area (Å²) in [6.45, 7) is 1.73. The van der Waals surface area contributed by atoms with Crippen LogP contribution in [0.25, 0.3) is 20.5 Å². The molecule has 1 fully saturated rings. The number of fused-ring (bicyclic) bond motifs is 1. The molecule has 0 saturated heterocycles. The van der Waals surface area contributed by atoms with Gasteiger partial charge in [0.25, 0.3) is 0 Å². The summed E-state index contributed by atoms with van der Waals surface area (Å²) in [4.78, 5) is 9.89. The van der Waals surface area contributed by atoms with E-state index in [1.54, 1.807) is 18.3 Å². The zero-order valence-electron chi connectivity index (χ0n) is 19.2. The lowest BCUT2D eigenvalue weighted by atomic mass is 10.0. The van der Waals surface area contributed by atoms with E-state index in [2.05, 4.69) is 33.6 Å². The molecule has 2 heterocycles. The van der Waals surface area contributed by atoms with Crippen LogP contribution in [0.1, 0.15) is 31.0 Å². The first-order chi connectivity index (χ1) is 16.3. The third-order valence-corrected chi connectivity index (χ3v) is 7.71. The smallest absolute Gasteiger partial charge is 0.225 e. The van der Waals surface area contributed by atoms with Gasteiger partial charge in [0, 0.05) is 22.1 Å². The van der Waals surface area contributed by atoms with Gasteiger partial charge in [0.15, 0.2) is 5.72 Å². The lowest BCUT2D eigenvalue weighted by Crippen LogP contribution is -2.48. The maximum absolute atomic E-state index is 13.2. The van der Waals surface area contributed by atoms with Gasteiger partial charge in [-0.2, -0.15) is 4.98 Å². The van der Waals surface area contributed by atoms with Crippen LogP contribution in [0.4, 0.5) is 20.5 Å². The van der Waals surface area contributed by atoms with E-state index in [0.29, 0.717) is 17.7 Å². The fourth-order valence-electron chi connectivity index (χ4n) is 4.59. The zero-order chi connectivity index (χ0) is 24.5. The second kappa shape index (κ2) is 10.1. The normalized spacial score (nSPS) is 22.6. The van der Waals surface area contributed by atoms with Crippen molar-refractivity contribution in [3.63, 3.8) is 0 Å². The average molecular weight is 493 g/mol. The summed E-state index contributed by atoms with van der Waals surface area (Å²) in [6, 6.07) is 6.95. The minimum Gasteiger partial charge on any atom is -0.396 e. The van der Waals surface area contributed by atoms with Gasteiger partial charge in [0.1, 0.15) is 25.3 Å². The molecule has 34 heavy (non-hydrogen) atoms. The van der Waals surface area contributed by atoms with Gasteiger partial charge in [-0.05, 0) is 43.2 Å². The number of hydrogen-bond donors (Lipinski definition) is 5. The Morgan fingerprint density at radius 2 is 1.97 bits per heavy atom. The second-order valence-electron chi connectivity index (χ2n) is 8.74. The number of aliphatic hydroxyl groups excluding tert-OH is 2. The summed E-state index contributed by atoms with van der Waals surface area (Å²) in [5.41, 5.74) is 0.609. The number of anilines is 2. The van der Waals surface area contributed by atoms with Crippen LogP contribution in [0.2, 0.25) is 0 Å². The first kappa shape index (κ1) is 24.7. The van der Waals surface area contributed by atoms with Crippen molar-refractivity contribution in [1.29, 1.82) is 0 Å². The highest BCUT2D eigenvalue weighted by Crippen LogP contribution is 2.44. The number of thiophene rings is 1. The fraction of sp³-hybridized carbons (Fsp3) is 0.500. The molecule has 0 bridgehead atoms. The molecule has 3 aromatic rings. The van der Waals surface area contributed by atoms with Crippen LogP contribution in [0, 0.1) is 12.8 Å². The minimum absolute atomic E-state index is 0.0259. The standard InChI is InChI=1S/C24H30F2N4O3S/c1-3-16-17-6-4-5-7-18(17)34-20(16)19-13(2)27-23(28-15(10-25)11-26)29-22(19)30-24(33)9-8-14(12-31)21(24)32/h4-7,14-15,21,31-33H,3,8-12H2,1-2H3,(H2,27,28,29,30). The number of nitrogens with one attached hydrogen (secondary N) is 2. The van der Waals surface area contributed by atoms with Crippen molar-refractivity contribution in [2.45, 2.75) is 51.0 Å². The number of aliphatic hydroxyl groups is 3. The van der Waals surface area contributed by atoms with Gasteiger partial charge in [-0.1, -0.05) is 25.1 Å². The number of aromatic nitrogens is 2. The van der Waals surface area contributed by atoms with E-state index in [1.807, 2.05) is 18.2 Å². The van der Waals surface area contributed by atoms with Gasteiger partial charge in [0.05, 0.1) is 17.3 Å². The Kier molecular flexibility index (Phi) is 7.32. The van der Waals surface area contributed by atoms with Crippen molar-refractivity contribution in [3.8, 4) is 10.4 Å². The predicted molar refractivity (Wildman–Crippen MR) is 131 cm³/mol. The molecule has 1 aromatic carbocycles. The lowest BCUT2D eigenvalue weighted by molar-refractivity contribution is -0.0545. The van der Waals surface area contributed by atoms with Crippen molar-refractivity contribution in [1.82, 2.24) is 9.97 Å². The van der Waals surface area contributed by atoms with E-state index in [9.17, 15) is 24.1 Å². The zero-order valence-corrected chi connectivity index (χ0v) is 20.0. The minimum atomic E-state index is -1.72. The van der Waals surface area contributed by atoms with E-state index in [4.69, 9.17) is 0 Å². The number of benzene rings is 1. The Balaban J connectivity index is 1.86. The second-order valence-corrected chi connectivity index (χ2v) is 9.79. The Bertz CT molecular complexity index is 1160. The largest absolute Gasteiger partial charge is 0.396 e. The van der Waals surface area contributed by atoms with Gasteiger partial charge in [-0.15, -0.1) is 11.3 Å². The van der Waals surface area contributed by atoms with Gasteiger partial charge in [-0.25, -0.2) is 13.8 Å². The first-order valence-corrected chi connectivity index (χ1v) is 12.2. The summed E-state index contributed by atoms with van der Waals surface area (Å²) in [5, 5.41) is 38.3. The van der Waals surface area contributed by atoms with E-state index < -0.39 is 37.1 Å². The van der Waals surface area contributed by atoms with Gasteiger partial charge in [0.2, 0.25) is 5.95 Å². The van der Waals surface area contributed by atoms with Crippen molar-refractivity contribution in [2.24, 2.45) is 5.92 Å². The number of alkyl halides is 2. The van der Waals surface area contributed by atoms with Crippen LogP contribution in [0.3, 0.4) is 0 Å². The highest BCUT2D eigenvalue weighted by molar-refractivity contribution is 7.22. The molecule has 3 unspecified atom stereocenters. The van der Waals surface area contributed by atoms with Crippen molar-refractivity contribution in [2.75, 3.05) is 30.6 Å². The van der Waals surface area contributed by atoms with Crippen LogP contribution >= 0.6 is 11.3 Å². The van der Waals surface area contributed by atoms with Crippen LogP contribution in [-0.2, 0) is 6.42 Å². The molecule has 3 atom stereocenters. The molecule has 0 spiro atoms. The maximum Gasteiger partial charge on any atom is 0.225 e. The van der Waals surface area contributed by atoms with Crippen LogP contribution in [0.15, 0.2) is 24.3 Å². The molecule has 1 saturated carbocycles. The highest BCUT2D eigenvalue weighted by atomic mass is 32.1. The van der Waals surface area contributed by atoms with Crippen molar-refractivity contribution < 1.29 is 24.1 Å². The number of rotatable bonds is 9. The molecule has 0 radical (unpaired) electrons. The third-order valence-electron chi connectivity index (χ3n) is 6.48. The summed E-state index contributed by atoms with van der Waals surface area (Å²) in [6.07, 6.45) is 0.175. The molecule has 0 aliphatic heterocycles. The molecule has 10 heteroatoms. The molecule has 184 valence electrons. The molecule has 1 aliphatic rings. The molecular formula is C24H30F2N4O3S. The van der Waals surface area contributed by atoms with Crippen molar-refractivity contribution in [3.05, 3.63) is 35.5 Å². The molecule has 1 aliphatic carbocycles. The van der Waals surface area contributed by atoms with Gasteiger partial charge >= 0.3 is 0 Å². The molecule has 0 amide bonds. The lowest BCUT2D eigenvalue weighted by Gasteiger charge is -2.31. The van der Waals surface area contributed by atoms with Crippen molar-refractivity contribution >= 4 is 33.2 Å². The Labute approximate surface area is 200 Å². The van der Waals surface area contributed by atoms with E-state index in [-0.39, 0.29) is 24.8 Å². The molecule has 7 nitrogen and oxygen atoms in total. The monoisotopic (exact) mass is 492 g/mol. The molecular weight excluding hydrogens is 462 g/mol. The topological polar surface area (TPSA) is 111 Å². The Morgan fingerprint density at radius 3 is 2.62 bits per heavy atom. The number of halogens is 2. The van der Waals surface area contributed by atoms with Gasteiger partial charge in [-0.3, -0.25) is 0 Å². The average Bonchev–Trinajstić information content (AvgIpc) is 3.33. The van der Waals surface area contributed by atoms with E-state index in [1.165, 1.54) is 0 Å². The number of nitrogens with zero attached hydrogens (tertiary/aromatic N) is 2. The highest BCUT2D eigenvalue weighted by Gasteiger charge is 2.47. The molecule has 4 rings (SSSR count). The number of hydrogen-bond acceptors (Lipinski definition) is 8. The van der Waals surface area contributed by atoms with E-state index >= 15 is 0 Å². The van der Waals surface area contributed by atoms with Gasteiger partial charge < -0.3 is 26.0 Å². The first-order valence-electron chi connectivity index (χ1n) is 11.4. The molecule has 2 aromatic heterocycles. The predicted octanol–water partition coefficient (Wildman–Crippen LogP) is 3.81. The molecule has 5 N–H and O–H groups in total. The van der Waals surface area contributed by atoms with Crippen LogP contribution in [-0.4, -0.2) is 63.1 Å². The fourth-order valence-corrected chi connectivity index (χ4v) is 5.98. The Morgan fingerprint density at radius 1 is 1.24 bits per heavy atom. The summed E-state index contributed by atoms with van der Waals surface area (Å²) in [7, 11) is 0. The summed E-state index contributed by atoms with van der Waals surface area (Å²) >= 11 is 1.58. The quantitative estimate of drug-likeness (QED) is 0.289. The third kappa shape index (κ3) is 4.47. The Hall–Kier alpha value is -2.40. The SMILES string of the molecule is CCc1c(-c2c(C)nc(NC(CF)CF)nc2NC2(O)CCC(CO)C2O)sc2ccccc12. The summed E-state index contributed by atoms with van der Waals surface area (Å²) in [5.74, 6) is -0.190. The summed E-state index contributed by atoms with van der Waals surface area (Å²) < 4.78 is 27.4. The van der Waals surface area contributed by atoms with Crippen LogP contribution < -0.4 is 10.6 Å². The maximum atomic E-state index is 13.2. The van der Waals surface area contributed by atoms with E-state index in [0.717, 1.165) is 26.9 Å². The number of aryl methyl sites for hydroxylation is 2. The van der Waals surface area contributed by atoms with Crippen LogP contribution in [0.5, 0.6) is 0 Å².